The van der Waals surface area contributed by atoms with Crippen molar-refractivity contribution >= 4 is 53.7 Å². The maximum Gasteiger partial charge on any atom is 0.266 e. The normalized spacial score (nSPS) is 16.0. The van der Waals surface area contributed by atoms with Crippen LogP contribution in [0, 0.1) is 5.92 Å². The van der Waals surface area contributed by atoms with E-state index in [1.54, 1.807) is 30.6 Å². The number of nitrogens with one attached hydrogen (secondary N) is 2. The van der Waals surface area contributed by atoms with Gasteiger partial charge >= 0.3 is 0 Å². The maximum absolute atomic E-state index is 12.9. The first-order chi connectivity index (χ1) is 12.2. The first-order valence-corrected chi connectivity index (χ1v) is 9.29. The van der Waals surface area contributed by atoms with E-state index in [4.69, 9.17) is 0 Å². The van der Waals surface area contributed by atoms with Gasteiger partial charge in [0.05, 0.1) is 5.69 Å². The monoisotopic (exact) mass is 430 g/mol. The third-order valence-electron chi connectivity index (χ3n) is 4.35. The molecule has 1 saturated heterocycles. The van der Waals surface area contributed by atoms with Gasteiger partial charge in [0.15, 0.2) is 0 Å². The summed E-state index contributed by atoms with van der Waals surface area (Å²) < 4.78 is 0. The fraction of sp³-hybridized carbons (Fsp3) is 0.389. The number of hydrogen-bond acceptors (Lipinski definition) is 5. The molecular weight excluding hydrogens is 407 g/mol. The first kappa shape index (κ1) is 23.4. The van der Waals surface area contributed by atoms with Crippen molar-refractivity contribution in [2.45, 2.75) is 12.8 Å². The summed E-state index contributed by atoms with van der Waals surface area (Å²) in [4.78, 5) is 31.6. The van der Waals surface area contributed by atoms with Crippen molar-refractivity contribution in [2.24, 2.45) is 5.92 Å². The van der Waals surface area contributed by atoms with E-state index < -0.39 is 0 Å². The highest BCUT2D eigenvalue weighted by Gasteiger charge is 2.26. The van der Waals surface area contributed by atoms with E-state index in [1.165, 1.54) is 11.3 Å². The highest BCUT2D eigenvalue weighted by Crippen LogP contribution is 2.27. The van der Waals surface area contributed by atoms with E-state index in [0.29, 0.717) is 22.0 Å². The highest BCUT2D eigenvalue weighted by molar-refractivity contribution is 7.12. The number of aromatic nitrogens is 1. The molecule has 2 N–H and O–H groups in total. The molecule has 1 aliphatic heterocycles. The first-order valence-electron chi connectivity index (χ1n) is 8.41. The Kier molecular flexibility index (Phi) is 9.73. The van der Waals surface area contributed by atoms with Crippen molar-refractivity contribution in [3.63, 3.8) is 0 Å². The van der Waals surface area contributed by atoms with E-state index in [0.717, 1.165) is 32.5 Å². The van der Waals surface area contributed by atoms with Crippen LogP contribution in [0.1, 0.15) is 32.9 Å². The molecule has 2 aromatic heterocycles. The van der Waals surface area contributed by atoms with Crippen LogP contribution in [0.15, 0.2) is 36.0 Å². The number of carbonyl (C=O) groups excluding carboxylic acids is 2. The standard InChI is InChI=1S/C18H22N4O2S.2ClH/c1-19-11-13-3-2-9-22(12-13)18(24)16-15(6-10-25-16)21-17(23)14-4-7-20-8-5-14;;/h4-8,10,13,19H,2-3,9,11-12H2,1H3,(H,21,23);2*1H. The number of amides is 2. The second kappa shape index (κ2) is 11.2. The number of carbonyl (C=O) groups is 2. The van der Waals surface area contributed by atoms with Gasteiger partial charge in [0, 0.05) is 31.0 Å². The van der Waals surface area contributed by atoms with Gasteiger partial charge in [-0.15, -0.1) is 36.2 Å². The molecule has 0 aromatic carbocycles. The van der Waals surface area contributed by atoms with Crippen molar-refractivity contribution in [2.75, 3.05) is 32.0 Å². The van der Waals surface area contributed by atoms with Gasteiger partial charge < -0.3 is 15.5 Å². The summed E-state index contributed by atoms with van der Waals surface area (Å²) in [6.45, 7) is 2.45. The second-order valence-corrected chi connectivity index (χ2v) is 7.09. The molecule has 3 rings (SSSR count). The topological polar surface area (TPSA) is 74.3 Å². The quantitative estimate of drug-likeness (QED) is 0.762. The number of nitrogens with zero attached hydrogens (tertiary/aromatic N) is 2. The van der Waals surface area contributed by atoms with Gasteiger partial charge in [0.1, 0.15) is 4.88 Å². The number of likely N-dealkylation sites (tertiary alicyclic amines) is 1. The van der Waals surface area contributed by atoms with E-state index in [9.17, 15) is 9.59 Å². The number of pyridine rings is 1. The average Bonchev–Trinajstić information content (AvgIpc) is 3.10. The molecule has 9 heteroatoms. The van der Waals surface area contributed by atoms with Gasteiger partial charge in [-0.2, -0.15) is 0 Å². The van der Waals surface area contributed by atoms with Crippen molar-refractivity contribution in [3.05, 3.63) is 46.4 Å². The van der Waals surface area contributed by atoms with Crippen LogP contribution in [0.25, 0.3) is 0 Å². The summed E-state index contributed by atoms with van der Waals surface area (Å²) in [5, 5.41) is 7.87. The van der Waals surface area contributed by atoms with Crippen LogP contribution in [-0.4, -0.2) is 48.4 Å². The zero-order chi connectivity index (χ0) is 17.6. The third-order valence-corrected chi connectivity index (χ3v) is 5.25. The zero-order valence-electron chi connectivity index (χ0n) is 15.0. The number of thiophene rings is 1. The second-order valence-electron chi connectivity index (χ2n) is 6.17. The largest absolute Gasteiger partial charge is 0.338 e. The molecule has 0 spiro atoms. The molecular formula is C18H24Cl2N4O2S. The Morgan fingerprint density at radius 2 is 2.00 bits per heavy atom. The smallest absolute Gasteiger partial charge is 0.266 e. The van der Waals surface area contributed by atoms with Gasteiger partial charge in [0.2, 0.25) is 0 Å². The lowest BCUT2D eigenvalue weighted by molar-refractivity contribution is 0.0680. The fourth-order valence-corrected chi connectivity index (χ4v) is 3.94. The van der Waals surface area contributed by atoms with Crippen LogP contribution in [0.5, 0.6) is 0 Å². The molecule has 0 bridgehead atoms. The number of halogens is 2. The lowest BCUT2D eigenvalue weighted by Crippen LogP contribution is -2.42. The van der Waals surface area contributed by atoms with Gasteiger partial charge in [-0.05, 0) is 55.9 Å². The number of piperidine rings is 1. The predicted molar refractivity (Wildman–Crippen MR) is 114 cm³/mol. The number of anilines is 1. The lowest BCUT2D eigenvalue weighted by atomic mass is 9.98. The number of rotatable bonds is 5. The Bertz CT molecular complexity index is 740. The Balaban J connectivity index is 0.00000182. The molecule has 3 heterocycles. The molecule has 2 aromatic rings. The molecule has 0 aliphatic carbocycles. The Morgan fingerprint density at radius 1 is 1.26 bits per heavy atom. The van der Waals surface area contributed by atoms with Gasteiger partial charge in [0.25, 0.3) is 11.8 Å². The molecule has 148 valence electrons. The molecule has 2 amide bonds. The molecule has 6 nitrogen and oxygen atoms in total. The number of hydrogen-bond donors (Lipinski definition) is 2. The SMILES string of the molecule is CNCC1CCCN(C(=O)c2sccc2NC(=O)c2ccncc2)C1.Cl.Cl. The van der Waals surface area contributed by atoms with Gasteiger partial charge in [-0.25, -0.2) is 0 Å². The van der Waals surface area contributed by atoms with Crippen LogP contribution in [0.2, 0.25) is 0 Å². The minimum absolute atomic E-state index is 0. The average molecular weight is 431 g/mol. The van der Waals surface area contributed by atoms with Crippen molar-refractivity contribution < 1.29 is 9.59 Å². The maximum atomic E-state index is 12.9. The minimum atomic E-state index is -0.235. The van der Waals surface area contributed by atoms with Gasteiger partial charge in [-0.1, -0.05) is 0 Å². The van der Waals surface area contributed by atoms with Crippen LogP contribution in [0.4, 0.5) is 5.69 Å². The summed E-state index contributed by atoms with van der Waals surface area (Å²) in [6, 6.07) is 5.08. The summed E-state index contributed by atoms with van der Waals surface area (Å²) >= 11 is 1.37. The fourth-order valence-electron chi connectivity index (χ4n) is 3.12. The van der Waals surface area contributed by atoms with Crippen LogP contribution < -0.4 is 10.6 Å². The highest BCUT2D eigenvalue weighted by atomic mass is 35.5. The Labute approximate surface area is 175 Å². The van der Waals surface area contributed by atoms with E-state index in [2.05, 4.69) is 15.6 Å². The van der Waals surface area contributed by atoms with E-state index >= 15 is 0 Å². The summed E-state index contributed by atoms with van der Waals surface area (Å²) in [5.41, 5.74) is 1.10. The van der Waals surface area contributed by atoms with E-state index in [-0.39, 0.29) is 36.6 Å². The van der Waals surface area contributed by atoms with Gasteiger partial charge in [-0.3, -0.25) is 14.6 Å². The molecule has 0 radical (unpaired) electrons. The zero-order valence-corrected chi connectivity index (χ0v) is 17.5. The van der Waals surface area contributed by atoms with Crippen LogP contribution in [-0.2, 0) is 0 Å². The third kappa shape index (κ3) is 5.90. The van der Waals surface area contributed by atoms with Crippen molar-refractivity contribution in [1.82, 2.24) is 15.2 Å². The Morgan fingerprint density at radius 3 is 2.70 bits per heavy atom. The van der Waals surface area contributed by atoms with Crippen molar-refractivity contribution in [1.29, 1.82) is 0 Å². The van der Waals surface area contributed by atoms with E-state index in [1.807, 2.05) is 17.3 Å². The molecule has 1 fully saturated rings. The van der Waals surface area contributed by atoms with Crippen molar-refractivity contribution in [3.8, 4) is 0 Å². The Hall–Kier alpha value is -1.67. The minimum Gasteiger partial charge on any atom is -0.338 e. The summed E-state index contributed by atoms with van der Waals surface area (Å²) in [6.07, 6.45) is 5.30. The molecule has 0 saturated carbocycles. The summed E-state index contributed by atoms with van der Waals surface area (Å²) in [5.74, 6) is 0.250. The molecule has 1 aliphatic rings. The lowest BCUT2D eigenvalue weighted by Gasteiger charge is -2.32. The molecule has 1 unspecified atom stereocenters. The molecule has 1 atom stereocenters. The predicted octanol–water partition coefficient (Wildman–Crippen LogP) is 3.31. The van der Waals surface area contributed by atoms with Crippen LogP contribution in [0.3, 0.4) is 0 Å². The molecule has 27 heavy (non-hydrogen) atoms. The summed E-state index contributed by atoms with van der Waals surface area (Å²) in [7, 11) is 1.94. The van der Waals surface area contributed by atoms with Crippen LogP contribution >= 0.6 is 36.2 Å².